The van der Waals surface area contributed by atoms with Crippen LogP contribution in [0.4, 0.5) is 27.6 Å². The summed E-state index contributed by atoms with van der Waals surface area (Å²) in [4.78, 5) is 30.1. The van der Waals surface area contributed by atoms with Crippen LogP contribution < -0.4 is 10.9 Å². The second kappa shape index (κ2) is 8.45. The van der Waals surface area contributed by atoms with E-state index in [1.54, 1.807) is 18.2 Å². The molecular formula is C23H14F5N3O2. The lowest BCUT2D eigenvalue weighted by molar-refractivity contribution is -0.139. The van der Waals surface area contributed by atoms with Crippen LogP contribution in [0.2, 0.25) is 0 Å². The summed E-state index contributed by atoms with van der Waals surface area (Å²) in [6.45, 7) is -0.227. The zero-order valence-corrected chi connectivity index (χ0v) is 16.7. The Kier molecular flexibility index (Phi) is 5.67. The minimum atomic E-state index is -4.97. The number of anilines is 1. The number of fused-ring (bicyclic) bond motifs is 1. The summed E-state index contributed by atoms with van der Waals surface area (Å²) in [6, 6.07) is 12.1. The van der Waals surface area contributed by atoms with E-state index in [2.05, 4.69) is 10.3 Å². The van der Waals surface area contributed by atoms with Gasteiger partial charge in [-0.3, -0.25) is 14.2 Å². The molecule has 33 heavy (non-hydrogen) atoms. The molecule has 0 saturated heterocycles. The highest BCUT2D eigenvalue weighted by molar-refractivity contribution is 6.05. The third-order valence-electron chi connectivity index (χ3n) is 4.91. The van der Waals surface area contributed by atoms with Crippen LogP contribution in [0.15, 0.2) is 71.7 Å². The molecular weight excluding hydrogens is 445 g/mol. The number of benzene rings is 2. The van der Waals surface area contributed by atoms with Crippen molar-refractivity contribution in [3.05, 3.63) is 106 Å². The molecule has 1 N–H and O–H groups in total. The van der Waals surface area contributed by atoms with Crippen molar-refractivity contribution in [2.24, 2.45) is 0 Å². The van der Waals surface area contributed by atoms with E-state index in [0.29, 0.717) is 17.5 Å². The van der Waals surface area contributed by atoms with Crippen LogP contribution in [-0.2, 0) is 12.7 Å². The lowest BCUT2D eigenvalue weighted by atomic mass is 10.1. The predicted molar refractivity (Wildman–Crippen MR) is 111 cm³/mol. The van der Waals surface area contributed by atoms with E-state index in [-0.39, 0.29) is 23.4 Å². The minimum Gasteiger partial charge on any atom is -0.322 e. The Labute approximate surface area is 183 Å². The van der Waals surface area contributed by atoms with Gasteiger partial charge in [-0.1, -0.05) is 18.2 Å². The van der Waals surface area contributed by atoms with Gasteiger partial charge >= 0.3 is 6.18 Å². The van der Waals surface area contributed by atoms with Gasteiger partial charge in [-0.2, -0.15) is 13.2 Å². The average Bonchev–Trinajstić information content (AvgIpc) is 2.77. The molecule has 0 radical (unpaired) electrons. The molecule has 168 valence electrons. The van der Waals surface area contributed by atoms with E-state index in [9.17, 15) is 31.5 Å². The summed E-state index contributed by atoms with van der Waals surface area (Å²) in [5.41, 5.74) is -2.74. The Bertz CT molecular complexity index is 1430. The number of aromatic nitrogens is 2. The van der Waals surface area contributed by atoms with Crippen LogP contribution in [0, 0.1) is 11.6 Å². The molecule has 4 rings (SSSR count). The molecule has 2 aromatic carbocycles. The van der Waals surface area contributed by atoms with E-state index in [4.69, 9.17) is 0 Å². The van der Waals surface area contributed by atoms with Gasteiger partial charge in [-0.05, 0) is 42.5 Å². The van der Waals surface area contributed by atoms with E-state index in [1.165, 1.54) is 30.5 Å². The first kappa shape index (κ1) is 22.1. The Hall–Kier alpha value is -4.08. The molecule has 0 unspecified atom stereocenters. The van der Waals surface area contributed by atoms with Crippen molar-refractivity contribution in [1.82, 2.24) is 9.55 Å². The van der Waals surface area contributed by atoms with E-state index < -0.39 is 40.4 Å². The highest BCUT2D eigenvalue weighted by Gasteiger charge is 2.34. The number of amides is 1. The molecule has 2 heterocycles. The van der Waals surface area contributed by atoms with Gasteiger partial charge in [0.1, 0.15) is 22.8 Å². The topological polar surface area (TPSA) is 64.0 Å². The number of halogens is 5. The fourth-order valence-corrected chi connectivity index (χ4v) is 3.33. The highest BCUT2D eigenvalue weighted by atomic mass is 19.4. The third-order valence-corrected chi connectivity index (χ3v) is 4.91. The van der Waals surface area contributed by atoms with Crippen molar-refractivity contribution >= 4 is 22.6 Å². The first-order valence-electron chi connectivity index (χ1n) is 9.55. The number of alkyl halides is 3. The predicted octanol–water partition coefficient (Wildman–Crippen LogP) is 4.99. The quantitative estimate of drug-likeness (QED) is 0.437. The number of nitrogens with zero attached hydrogens (tertiary/aromatic N) is 2. The zero-order valence-electron chi connectivity index (χ0n) is 16.7. The molecule has 0 saturated carbocycles. The Morgan fingerprint density at radius 1 is 0.970 bits per heavy atom. The number of hydrogen-bond acceptors (Lipinski definition) is 3. The van der Waals surface area contributed by atoms with Gasteiger partial charge in [0, 0.05) is 22.8 Å². The summed E-state index contributed by atoms with van der Waals surface area (Å²) in [6.07, 6.45) is -3.54. The summed E-state index contributed by atoms with van der Waals surface area (Å²) < 4.78 is 67.8. The molecule has 0 atom stereocenters. The monoisotopic (exact) mass is 459 g/mol. The number of hydrogen-bond donors (Lipinski definition) is 1. The highest BCUT2D eigenvalue weighted by Crippen LogP contribution is 2.33. The maximum atomic E-state index is 14.2. The van der Waals surface area contributed by atoms with Crippen molar-refractivity contribution in [3.63, 3.8) is 0 Å². The summed E-state index contributed by atoms with van der Waals surface area (Å²) in [5, 5.41) is 2.58. The summed E-state index contributed by atoms with van der Waals surface area (Å²) in [5.74, 6) is -3.06. The van der Waals surface area contributed by atoms with Crippen molar-refractivity contribution in [2.45, 2.75) is 12.7 Å². The fourth-order valence-electron chi connectivity index (χ4n) is 3.33. The van der Waals surface area contributed by atoms with Gasteiger partial charge in [-0.15, -0.1) is 0 Å². The smallest absolute Gasteiger partial charge is 0.322 e. The normalized spacial score (nSPS) is 11.5. The Balaban J connectivity index is 1.77. The number of rotatable bonds is 4. The number of carbonyl (C=O) groups excluding carboxylic acids is 1. The molecule has 1 amide bonds. The Morgan fingerprint density at radius 3 is 2.45 bits per heavy atom. The van der Waals surface area contributed by atoms with Gasteiger partial charge < -0.3 is 5.32 Å². The largest absolute Gasteiger partial charge is 0.419 e. The van der Waals surface area contributed by atoms with Gasteiger partial charge in [0.15, 0.2) is 0 Å². The number of carbonyl (C=O) groups is 1. The second-order valence-corrected chi connectivity index (χ2v) is 7.10. The summed E-state index contributed by atoms with van der Waals surface area (Å²) in [7, 11) is 0. The van der Waals surface area contributed by atoms with E-state index in [1.807, 2.05) is 0 Å². The SMILES string of the molecule is O=C(Nc1ccc(F)c(C(F)(F)F)c1)c1cc2cccnc2n(Cc2ccccc2F)c1=O. The van der Waals surface area contributed by atoms with Crippen LogP contribution in [0.25, 0.3) is 11.0 Å². The van der Waals surface area contributed by atoms with Crippen LogP contribution in [0.1, 0.15) is 21.5 Å². The molecule has 10 heteroatoms. The lowest BCUT2D eigenvalue weighted by Crippen LogP contribution is -2.30. The second-order valence-electron chi connectivity index (χ2n) is 7.10. The van der Waals surface area contributed by atoms with Crippen LogP contribution in [0.3, 0.4) is 0 Å². The minimum absolute atomic E-state index is 0.178. The van der Waals surface area contributed by atoms with Crippen molar-refractivity contribution in [3.8, 4) is 0 Å². The molecule has 0 aliphatic rings. The lowest BCUT2D eigenvalue weighted by Gasteiger charge is -2.14. The average molecular weight is 459 g/mol. The van der Waals surface area contributed by atoms with Crippen molar-refractivity contribution in [1.29, 1.82) is 0 Å². The van der Waals surface area contributed by atoms with Crippen molar-refractivity contribution < 1.29 is 26.7 Å². The molecule has 0 aliphatic carbocycles. The van der Waals surface area contributed by atoms with Gasteiger partial charge in [0.25, 0.3) is 11.5 Å². The van der Waals surface area contributed by atoms with Gasteiger partial charge in [-0.25, -0.2) is 13.8 Å². The van der Waals surface area contributed by atoms with Gasteiger partial charge in [0.05, 0.1) is 12.1 Å². The molecule has 2 aromatic heterocycles. The zero-order chi connectivity index (χ0) is 23.8. The molecule has 5 nitrogen and oxygen atoms in total. The van der Waals surface area contributed by atoms with Crippen LogP contribution in [0.5, 0.6) is 0 Å². The maximum absolute atomic E-state index is 14.2. The van der Waals surface area contributed by atoms with Crippen molar-refractivity contribution in [2.75, 3.05) is 5.32 Å². The molecule has 0 spiro atoms. The molecule has 4 aromatic rings. The Morgan fingerprint density at radius 2 is 1.73 bits per heavy atom. The van der Waals surface area contributed by atoms with E-state index in [0.717, 1.165) is 10.6 Å². The fraction of sp³-hybridized carbons (Fsp3) is 0.0870. The third kappa shape index (κ3) is 4.45. The summed E-state index contributed by atoms with van der Waals surface area (Å²) >= 11 is 0. The molecule has 0 aliphatic heterocycles. The van der Waals surface area contributed by atoms with Crippen LogP contribution >= 0.6 is 0 Å². The standard InChI is InChI=1S/C23H14F5N3O2/c24-18-6-2-1-4-14(18)12-31-20-13(5-3-9-29-20)10-16(22(31)33)21(32)30-15-7-8-19(25)17(11-15)23(26,27)28/h1-11H,12H2,(H,30,32). The van der Waals surface area contributed by atoms with Gasteiger partial charge in [0.2, 0.25) is 0 Å². The molecule has 0 fully saturated rings. The maximum Gasteiger partial charge on any atom is 0.419 e. The van der Waals surface area contributed by atoms with Crippen LogP contribution in [-0.4, -0.2) is 15.5 Å². The number of nitrogens with one attached hydrogen (secondary N) is 1. The van der Waals surface area contributed by atoms with E-state index >= 15 is 0 Å². The first-order chi connectivity index (χ1) is 15.6. The number of pyridine rings is 2. The first-order valence-corrected chi connectivity index (χ1v) is 9.55. The molecule has 0 bridgehead atoms.